The Hall–Kier alpha value is -2.69. The summed E-state index contributed by atoms with van der Waals surface area (Å²) in [6.07, 6.45) is 1.66. The largest absolute Gasteiger partial charge is 0.478 e. The number of imidazole rings is 1. The minimum absolute atomic E-state index is 0.247. The third-order valence-corrected chi connectivity index (χ3v) is 3.43. The molecule has 0 fully saturated rings. The molecule has 0 saturated carbocycles. The van der Waals surface area contributed by atoms with Gasteiger partial charge >= 0.3 is 5.97 Å². The van der Waals surface area contributed by atoms with E-state index in [2.05, 4.69) is 9.97 Å². The Morgan fingerprint density at radius 2 is 2.00 bits per heavy atom. The van der Waals surface area contributed by atoms with Crippen LogP contribution in [0.1, 0.15) is 21.7 Å². The van der Waals surface area contributed by atoms with Crippen LogP contribution >= 0.6 is 0 Å². The SMILES string of the molecule is Cc1ncn(-c2cc(C(=O)O)c3ccccc3n2)c1C. The zero-order valence-corrected chi connectivity index (χ0v) is 11.2. The number of nitrogens with zero attached hydrogens (tertiary/aromatic N) is 3. The summed E-state index contributed by atoms with van der Waals surface area (Å²) in [5, 5.41) is 10.0. The molecule has 0 amide bonds. The first-order valence-corrected chi connectivity index (χ1v) is 6.22. The number of aromatic carboxylic acids is 1. The van der Waals surface area contributed by atoms with E-state index in [1.807, 2.05) is 32.0 Å². The van der Waals surface area contributed by atoms with Crippen molar-refractivity contribution in [2.45, 2.75) is 13.8 Å². The van der Waals surface area contributed by atoms with Gasteiger partial charge in [-0.25, -0.2) is 14.8 Å². The van der Waals surface area contributed by atoms with E-state index in [-0.39, 0.29) is 5.56 Å². The summed E-state index contributed by atoms with van der Waals surface area (Å²) < 4.78 is 1.80. The summed E-state index contributed by atoms with van der Waals surface area (Å²) in [5.41, 5.74) is 2.76. The van der Waals surface area contributed by atoms with Crippen molar-refractivity contribution in [2.24, 2.45) is 0 Å². The van der Waals surface area contributed by atoms with Gasteiger partial charge in [-0.3, -0.25) is 4.57 Å². The molecule has 0 saturated heterocycles. The van der Waals surface area contributed by atoms with E-state index in [0.29, 0.717) is 16.7 Å². The molecule has 0 unspecified atom stereocenters. The molecule has 0 aliphatic carbocycles. The third-order valence-electron chi connectivity index (χ3n) is 3.43. The molecule has 3 rings (SSSR count). The lowest BCUT2D eigenvalue weighted by Gasteiger charge is -2.08. The van der Waals surface area contributed by atoms with Gasteiger partial charge in [-0.2, -0.15) is 0 Å². The fourth-order valence-electron chi connectivity index (χ4n) is 2.19. The summed E-state index contributed by atoms with van der Waals surface area (Å²) in [6.45, 7) is 3.84. The van der Waals surface area contributed by atoms with E-state index in [9.17, 15) is 9.90 Å². The zero-order valence-electron chi connectivity index (χ0n) is 11.2. The number of para-hydroxylation sites is 1. The number of carbonyl (C=O) groups is 1. The number of fused-ring (bicyclic) bond motifs is 1. The van der Waals surface area contributed by atoms with Crippen LogP contribution in [-0.2, 0) is 0 Å². The predicted molar refractivity (Wildman–Crippen MR) is 75.3 cm³/mol. The Morgan fingerprint density at radius 1 is 1.25 bits per heavy atom. The highest BCUT2D eigenvalue weighted by Gasteiger charge is 2.14. The van der Waals surface area contributed by atoms with E-state index in [1.54, 1.807) is 23.0 Å². The maximum absolute atomic E-state index is 11.4. The highest BCUT2D eigenvalue weighted by Crippen LogP contribution is 2.21. The van der Waals surface area contributed by atoms with E-state index in [4.69, 9.17) is 0 Å². The van der Waals surface area contributed by atoms with Crippen LogP contribution in [-0.4, -0.2) is 25.6 Å². The molecule has 20 heavy (non-hydrogen) atoms. The number of pyridine rings is 1. The second-order valence-electron chi connectivity index (χ2n) is 4.64. The standard InChI is InChI=1S/C15H13N3O2/c1-9-10(2)18(8-16-9)14-7-12(15(19)20)11-5-3-4-6-13(11)17-14/h3-8H,1-2H3,(H,19,20). The number of hydrogen-bond acceptors (Lipinski definition) is 3. The van der Waals surface area contributed by atoms with E-state index in [1.165, 1.54) is 0 Å². The van der Waals surface area contributed by atoms with Crippen molar-refractivity contribution in [1.82, 2.24) is 14.5 Å². The summed E-state index contributed by atoms with van der Waals surface area (Å²) in [5.74, 6) is -0.390. The molecular weight excluding hydrogens is 254 g/mol. The molecule has 0 atom stereocenters. The highest BCUT2D eigenvalue weighted by molar-refractivity contribution is 6.03. The van der Waals surface area contributed by atoms with Gasteiger partial charge in [0.25, 0.3) is 0 Å². The molecule has 0 aliphatic heterocycles. The second-order valence-corrected chi connectivity index (χ2v) is 4.64. The van der Waals surface area contributed by atoms with Gasteiger partial charge in [0, 0.05) is 11.1 Å². The van der Waals surface area contributed by atoms with Crippen molar-refractivity contribution in [1.29, 1.82) is 0 Å². The van der Waals surface area contributed by atoms with Crippen molar-refractivity contribution in [3.05, 3.63) is 53.6 Å². The van der Waals surface area contributed by atoms with Gasteiger partial charge in [0.15, 0.2) is 0 Å². The molecule has 0 radical (unpaired) electrons. The number of carboxylic acids is 1. The van der Waals surface area contributed by atoms with E-state index in [0.717, 1.165) is 11.4 Å². The summed E-state index contributed by atoms with van der Waals surface area (Å²) >= 11 is 0. The third kappa shape index (κ3) is 1.84. The van der Waals surface area contributed by atoms with Gasteiger partial charge in [0.05, 0.1) is 16.8 Å². The summed E-state index contributed by atoms with van der Waals surface area (Å²) in [7, 11) is 0. The smallest absolute Gasteiger partial charge is 0.336 e. The van der Waals surface area contributed by atoms with Gasteiger partial charge in [0.2, 0.25) is 0 Å². The van der Waals surface area contributed by atoms with Crippen molar-refractivity contribution >= 4 is 16.9 Å². The number of carboxylic acid groups (broad SMARTS) is 1. The molecule has 1 aromatic carbocycles. The molecule has 0 spiro atoms. The molecule has 3 aromatic rings. The normalized spacial score (nSPS) is 10.9. The molecule has 1 N–H and O–H groups in total. The van der Waals surface area contributed by atoms with Crippen LogP contribution in [0, 0.1) is 13.8 Å². The molecule has 2 aromatic heterocycles. The lowest BCUT2D eigenvalue weighted by molar-refractivity contribution is 0.0699. The van der Waals surface area contributed by atoms with Crippen molar-refractivity contribution in [3.8, 4) is 5.82 Å². The average Bonchev–Trinajstić information content (AvgIpc) is 2.77. The van der Waals surface area contributed by atoms with Crippen molar-refractivity contribution in [2.75, 3.05) is 0 Å². The quantitative estimate of drug-likeness (QED) is 0.775. The van der Waals surface area contributed by atoms with Crippen LogP contribution in [0.15, 0.2) is 36.7 Å². The van der Waals surface area contributed by atoms with Gasteiger partial charge in [-0.1, -0.05) is 18.2 Å². The lowest BCUT2D eigenvalue weighted by Crippen LogP contribution is -2.04. The van der Waals surface area contributed by atoms with Gasteiger partial charge in [0.1, 0.15) is 12.1 Å². The molecule has 5 nitrogen and oxygen atoms in total. The number of hydrogen-bond donors (Lipinski definition) is 1. The summed E-state index contributed by atoms with van der Waals surface area (Å²) in [4.78, 5) is 20.2. The summed E-state index contributed by atoms with van der Waals surface area (Å²) in [6, 6.07) is 8.81. The molecule has 2 heterocycles. The van der Waals surface area contributed by atoms with Crippen molar-refractivity contribution in [3.63, 3.8) is 0 Å². The molecular formula is C15H13N3O2. The molecule has 5 heteroatoms. The van der Waals surface area contributed by atoms with Gasteiger partial charge in [-0.15, -0.1) is 0 Å². The van der Waals surface area contributed by atoms with Crippen LogP contribution < -0.4 is 0 Å². The average molecular weight is 267 g/mol. The number of aromatic nitrogens is 3. The Kier molecular flexibility index (Phi) is 2.75. The Bertz CT molecular complexity index is 821. The minimum atomic E-state index is -0.959. The lowest BCUT2D eigenvalue weighted by atomic mass is 10.1. The molecule has 0 bridgehead atoms. The molecule has 100 valence electrons. The number of aryl methyl sites for hydroxylation is 1. The topological polar surface area (TPSA) is 68.0 Å². The van der Waals surface area contributed by atoms with Crippen LogP contribution in [0.5, 0.6) is 0 Å². The molecule has 0 aliphatic rings. The predicted octanol–water partition coefficient (Wildman–Crippen LogP) is 2.74. The minimum Gasteiger partial charge on any atom is -0.478 e. The van der Waals surface area contributed by atoms with Crippen LogP contribution in [0.4, 0.5) is 0 Å². The first kappa shape index (κ1) is 12.3. The Labute approximate surface area is 115 Å². The first-order valence-electron chi connectivity index (χ1n) is 6.22. The number of benzene rings is 1. The maximum Gasteiger partial charge on any atom is 0.336 e. The monoisotopic (exact) mass is 267 g/mol. The van der Waals surface area contributed by atoms with Crippen LogP contribution in [0.3, 0.4) is 0 Å². The Morgan fingerprint density at radius 3 is 2.65 bits per heavy atom. The fourth-order valence-corrected chi connectivity index (χ4v) is 2.19. The van der Waals surface area contributed by atoms with Gasteiger partial charge < -0.3 is 5.11 Å². The van der Waals surface area contributed by atoms with Crippen LogP contribution in [0.2, 0.25) is 0 Å². The number of rotatable bonds is 2. The zero-order chi connectivity index (χ0) is 14.3. The fraction of sp³-hybridized carbons (Fsp3) is 0.133. The second kappa shape index (κ2) is 4.45. The van der Waals surface area contributed by atoms with Gasteiger partial charge in [-0.05, 0) is 26.0 Å². The first-order chi connectivity index (χ1) is 9.58. The highest BCUT2D eigenvalue weighted by atomic mass is 16.4. The van der Waals surface area contributed by atoms with Crippen LogP contribution in [0.25, 0.3) is 16.7 Å². The van der Waals surface area contributed by atoms with E-state index < -0.39 is 5.97 Å². The maximum atomic E-state index is 11.4. The Balaban J connectivity index is 2.33. The van der Waals surface area contributed by atoms with E-state index >= 15 is 0 Å². The van der Waals surface area contributed by atoms with Crippen molar-refractivity contribution < 1.29 is 9.90 Å².